The van der Waals surface area contributed by atoms with Gasteiger partial charge in [-0.25, -0.2) is 0 Å². The maximum absolute atomic E-state index is 13.4. The van der Waals surface area contributed by atoms with E-state index in [1.54, 1.807) is 0 Å². The van der Waals surface area contributed by atoms with Crippen LogP contribution in [0.25, 0.3) is 43.8 Å². The minimum absolute atomic E-state index is 0.118. The Hall–Kier alpha value is -4.49. The fourth-order valence-electron chi connectivity index (χ4n) is 5.95. The Morgan fingerprint density at radius 2 is 0.892 bits per heavy atom. The molecule has 7 rings (SSSR count). The molecule has 37 heavy (non-hydrogen) atoms. The van der Waals surface area contributed by atoms with E-state index in [2.05, 4.69) is 117 Å². The van der Waals surface area contributed by atoms with Gasteiger partial charge in [-0.2, -0.15) is 0 Å². The van der Waals surface area contributed by atoms with Gasteiger partial charge in [0.05, 0.1) is 0 Å². The van der Waals surface area contributed by atoms with E-state index in [9.17, 15) is 4.79 Å². The van der Waals surface area contributed by atoms with E-state index in [1.165, 1.54) is 32.7 Å². The zero-order chi connectivity index (χ0) is 25.1. The third-order valence-corrected chi connectivity index (χ3v) is 8.04. The molecule has 1 heteroatoms. The second-order valence-corrected chi connectivity index (χ2v) is 10.6. The summed E-state index contributed by atoms with van der Waals surface area (Å²) in [6, 6.07) is 42.8. The van der Waals surface area contributed by atoms with Crippen LogP contribution in [0.5, 0.6) is 0 Å². The SMILES string of the molecule is CC1(C)c2ccccc2C(=O)c2cc(-c3ccc4cc(-c5ccc6ccccc6c5)ccc4c3)ccc21. The van der Waals surface area contributed by atoms with Crippen LogP contribution in [0.2, 0.25) is 0 Å². The normalized spacial score (nSPS) is 13.9. The van der Waals surface area contributed by atoms with E-state index in [-0.39, 0.29) is 11.2 Å². The number of carbonyl (C=O) groups excluding carboxylic acids is 1. The van der Waals surface area contributed by atoms with Crippen molar-refractivity contribution in [3.63, 3.8) is 0 Å². The average Bonchev–Trinajstić information content (AvgIpc) is 2.95. The molecule has 6 aromatic carbocycles. The van der Waals surface area contributed by atoms with Crippen LogP contribution in [0.1, 0.15) is 40.9 Å². The van der Waals surface area contributed by atoms with E-state index >= 15 is 0 Å². The molecule has 0 atom stereocenters. The van der Waals surface area contributed by atoms with Gasteiger partial charge in [-0.05, 0) is 79.2 Å². The van der Waals surface area contributed by atoms with Crippen LogP contribution >= 0.6 is 0 Å². The minimum atomic E-state index is -0.207. The minimum Gasteiger partial charge on any atom is -0.289 e. The average molecular weight is 475 g/mol. The first-order chi connectivity index (χ1) is 18.0. The molecule has 0 N–H and O–H groups in total. The van der Waals surface area contributed by atoms with Gasteiger partial charge in [0, 0.05) is 16.5 Å². The lowest BCUT2D eigenvalue weighted by atomic mass is 9.68. The van der Waals surface area contributed by atoms with E-state index in [0.29, 0.717) is 0 Å². The molecule has 0 spiro atoms. The Morgan fingerprint density at radius 1 is 0.432 bits per heavy atom. The first-order valence-electron chi connectivity index (χ1n) is 12.8. The molecule has 0 heterocycles. The summed E-state index contributed by atoms with van der Waals surface area (Å²) in [6.45, 7) is 4.42. The van der Waals surface area contributed by atoms with Gasteiger partial charge in [-0.3, -0.25) is 4.79 Å². The van der Waals surface area contributed by atoms with Gasteiger partial charge < -0.3 is 0 Å². The highest BCUT2D eigenvalue weighted by Crippen LogP contribution is 2.42. The molecule has 0 unspecified atom stereocenters. The molecule has 0 aromatic heterocycles. The molecule has 0 bridgehead atoms. The van der Waals surface area contributed by atoms with Crippen molar-refractivity contribution in [1.29, 1.82) is 0 Å². The van der Waals surface area contributed by atoms with Gasteiger partial charge in [0.15, 0.2) is 5.78 Å². The summed E-state index contributed by atoms with van der Waals surface area (Å²) >= 11 is 0. The van der Waals surface area contributed by atoms with Gasteiger partial charge >= 0.3 is 0 Å². The Bertz CT molecular complexity index is 1870. The van der Waals surface area contributed by atoms with Crippen molar-refractivity contribution >= 4 is 27.3 Å². The maximum Gasteiger partial charge on any atom is 0.193 e. The van der Waals surface area contributed by atoms with E-state index < -0.39 is 0 Å². The van der Waals surface area contributed by atoms with Crippen molar-refractivity contribution in [3.8, 4) is 22.3 Å². The van der Waals surface area contributed by atoms with E-state index in [0.717, 1.165) is 33.4 Å². The van der Waals surface area contributed by atoms with Crippen molar-refractivity contribution < 1.29 is 4.79 Å². The molecule has 1 aliphatic carbocycles. The predicted octanol–water partition coefficient (Wildman–Crippen LogP) is 9.20. The second-order valence-electron chi connectivity index (χ2n) is 10.6. The molecule has 0 fully saturated rings. The van der Waals surface area contributed by atoms with Crippen molar-refractivity contribution in [2.24, 2.45) is 0 Å². The highest BCUT2D eigenvalue weighted by molar-refractivity contribution is 6.13. The molecule has 0 saturated heterocycles. The van der Waals surface area contributed by atoms with Crippen molar-refractivity contribution in [2.75, 3.05) is 0 Å². The van der Waals surface area contributed by atoms with Gasteiger partial charge in [-0.15, -0.1) is 0 Å². The van der Waals surface area contributed by atoms with Crippen molar-refractivity contribution in [2.45, 2.75) is 19.3 Å². The van der Waals surface area contributed by atoms with Crippen LogP contribution in [0, 0.1) is 0 Å². The number of carbonyl (C=O) groups is 1. The number of fused-ring (bicyclic) bond motifs is 4. The number of benzene rings is 6. The monoisotopic (exact) mass is 474 g/mol. The topological polar surface area (TPSA) is 17.1 Å². The van der Waals surface area contributed by atoms with Gasteiger partial charge in [-0.1, -0.05) is 111 Å². The smallest absolute Gasteiger partial charge is 0.193 e. The first kappa shape index (κ1) is 21.8. The first-order valence-corrected chi connectivity index (χ1v) is 12.8. The van der Waals surface area contributed by atoms with Gasteiger partial charge in [0.25, 0.3) is 0 Å². The van der Waals surface area contributed by atoms with Crippen LogP contribution in [0.15, 0.2) is 121 Å². The van der Waals surface area contributed by atoms with E-state index in [1.807, 2.05) is 18.2 Å². The third-order valence-electron chi connectivity index (χ3n) is 8.04. The Labute approximate surface area is 217 Å². The third kappa shape index (κ3) is 3.42. The summed E-state index contributed by atoms with van der Waals surface area (Å²) < 4.78 is 0. The number of rotatable bonds is 2. The van der Waals surface area contributed by atoms with Crippen LogP contribution in [0.3, 0.4) is 0 Å². The summed E-state index contributed by atoms with van der Waals surface area (Å²) in [4.78, 5) is 13.4. The molecule has 176 valence electrons. The van der Waals surface area contributed by atoms with Gasteiger partial charge in [0.1, 0.15) is 0 Å². The van der Waals surface area contributed by atoms with Crippen molar-refractivity contribution in [1.82, 2.24) is 0 Å². The summed E-state index contributed by atoms with van der Waals surface area (Å²) in [5, 5.41) is 4.91. The Balaban J connectivity index is 1.28. The molecule has 0 saturated carbocycles. The van der Waals surface area contributed by atoms with Crippen molar-refractivity contribution in [3.05, 3.63) is 144 Å². The molecule has 0 radical (unpaired) electrons. The van der Waals surface area contributed by atoms with E-state index in [4.69, 9.17) is 0 Å². The number of ketones is 1. The van der Waals surface area contributed by atoms with Crippen LogP contribution in [-0.2, 0) is 5.41 Å². The summed E-state index contributed by atoms with van der Waals surface area (Å²) in [5.41, 5.74) is 8.26. The highest BCUT2D eigenvalue weighted by atomic mass is 16.1. The fraction of sp³-hybridized carbons (Fsp3) is 0.0833. The quantitative estimate of drug-likeness (QED) is 0.244. The summed E-state index contributed by atoms with van der Waals surface area (Å²) in [5.74, 6) is 0.118. The molecule has 1 aliphatic rings. The lowest BCUT2D eigenvalue weighted by Gasteiger charge is -2.34. The molecular formula is C36H26O. The maximum atomic E-state index is 13.4. The molecule has 6 aromatic rings. The second kappa shape index (κ2) is 8.01. The molecule has 0 aliphatic heterocycles. The van der Waals surface area contributed by atoms with Crippen LogP contribution in [0.4, 0.5) is 0 Å². The fourth-order valence-corrected chi connectivity index (χ4v) is 5.95. The number of hydrogen-bond acceptors (Lipinski definition) is 1. The lowest BCUT2D eigenvalue weighted by molar-refractivity contribution is 0.103. The van der Waals surface area contributed by atoms with Crippen LogP contribution in [-0.4, -0.2) is 5.78 Å². The zero-order valence-electron chi connectivity index (χ0n) is 21.0. The van der Waals surface area contributed by atoms with Gasteiger partial charge in [0.2, 0.25) is 0 Å². The predicted molar refractivity (Wildman–Crippen MR) is 154 cm³/mol. The zero-order valence-corrected chi connectivity index (χ0v) is 21.0. The largest absolute Gasteiger partial charge is 0.289 e. The molecule has 0 amide bonds. The number of hydrogen-bond donors (Lipinski definition) is 0. The highest BCUT2D eigenvalue weighted by Gasteiger charge is 2.36. The van der Waals surface area contributed by atoms with Crippen LogP contribution < -0.4 is 0 Å². The Morgan fingerprint density at radius 3 is 1.57 bits per heavy atom. The molecular weight excluding hydrogens is 448 g/mol. The lowest BCUT2D eigenvalue weighted by Crippen LogP contribution is -2.30. The molecule has 1 nitrogen and oxygen atoms in total. The summed E-state index contributed by atoms with van der Waals surface area (Å²) in [7, 11) is 0. The Kier molecular flexibility index (Phi) is 4.71. The standard InChI is InChI=1S/C36H26O/c1-36(2)33-10-6-5-9-31(33)35(37)32-22-30(17-18-34(32)36)29-16-15-27-20-26(13-14-28(27)21-29)25-12-11-23-7-3-4-8-24(23)19-25/h3-22H,1-2H3. The summed E-state index contributed by atoms with van der Waals surface area (Å²) in [6.07, 6.45) is 0.